The van der Waals surface area contributed by atoms with Crippen molar-refractivity contribution in [2.45, 2.75) is 181 Å². The highest BCUT2D eigenvalue weighted by Crippen LogP contribution is 2.51. The summed E-state index contributed by atoms with van der Waals surface area (Å²) >= 11 is 0. The lowest BCUT2D eigenvalue weighted by Crippen LogP contribution is -2.42. The molecule has 0 atom stereocenters. The molecule has 0 aromatic heterocycles. The molecule has 226 valence electrons. The maximum absolute atomic E-state index is 7.30. The van der Waals surface area contributed by atoms with Gasteiger partial charge in [0.2, 0.25) is 0 Å². The summed E-state index contributed by atoms with van der Waals surface area (Å²) in [5.74, 6) is 2.71. The summed E-state index contributed by atoms with van der Waals surface area (Å²) in [5, 5.41) is 0.550. The lowest BCUT2D eigenvalue weighted by atomic mass is 9.93. The van der Waals surface area contributed by atoms with E-state index in [1.54, 1.807) is 33.4 Å². The summed E-state index contributed by atoms with van der Waals surface area (Å²) in [6.07, 6.45) is 20.0. The summed E-state index contributed by atoms with van der Waals surface area (Å²) in [6, 6.07) is 0. The van der Waals surface area contributed by atoms with E-state index < -0.39 is 16.6 Å². The van der Waals surface area contributed by atoms with E-state index in [-0.39, 0.29) is 10.1 Å². The van der Waals surface area contributed by atoms with Gasteiger partial charge in [-0.25, -0.2) is 0 Å². The van der Waals surface area contributed by atoms with Gasteiger partial charge >= 0.3 is 0 Å². The smallest absolute Gasteiger partial charge is 0.250 e. The molecular weight excluding hydrogens is 521 g/mol. The second-order valence-electron chi connectivity index (χ2n) is 15.8. The van der Waals surface area contributed by atoms with Crippen LogP contribution in [0.15, 0.2) is 45.0 Å². The van der Waals surface area contributed by atoms with Crippen molar-refractivity contribution < 1.29 is 8.85 Å². The Hall–Kier alpha value is -1.01. The Morgan fingerprint density at radius 3 is 1.27 bits per heavy atom. The second-order valence-corrected chi connectivity index (χ2v) is 24.9. The molecule has 4 aliphatic rings. The molecule has 0 aromatic carbocycles. The first-order valence-electron chi connectivity index (χ1n) is 17.0. The fourth-order valence-electron chi connectivity index (χ4n) is 7.59. The van der Waals surface area contributed by atoms with E-state index in [1.165, 1.54) is 101 Å². The molecule has 4 heteroatoms. The van der Waals surface area contributed by atoms with Crippen molar-refractivity contribution in [3.05, 3.63) is 45.0 Å². The summed E-state index contributed by atoms with van der Waals surface area (Å²) in [5.41, 5.74) is 9.85. The van der Waals surface area contributed by atoms with Crippen molar-refractivity contribution in [3.8, 4) is 0 Å². The van der Waals surface area contributed by atoms with Crippen molar-refractivity contribution in [1.82, 2.24) is 0 Å². The summed E-state index contributed by atoms with van der Waals surface area (Å²) in [6.45, 7) is 24.4. The molecule has 0 heterocycles. The van der Waals surface area contributed by atoms with Crippen LogP contribution in [0, 0.1) is 0 Å². The van der Waals surface area contributed by atoms with Gasteiger partial charge in [-0.05, 0) is 148 Å². The van der Waals surface area contributed by atoms with E-state index in [0.29, 0.717) is 0 Å². The van der Waals surface area contributed by atoms with Crippen LogP contribution >= 0.6 is 0 Å². The first-order valence-corrected chi connectivity index (χ1v) is 22.8. The zero-order valence-electron chi connectivity index (χ0n) is 28.1. The highest BCUT2D eigenvalue weighted by atomic mass is 28.4. The van der Waals surface area contributed by atoms with Crippen LogP contribution in [0.3, 0.4) is 0 Å². The molecule has 2 nitrogen and oxygen atoms in total. The van der Waals surface area contributed by atoms with Gasteiger partial charge in [-0.1, -0.05) is 65.5 Å². The summed E-state index contributed by atoms with van der Waals surface area (Å²) in [7, 11) is -3.85. The van der Waals surface area contributed by atoms with Gasteiger partial charge in [-0.2, -0.15) is 0 Å². The van der Waals surface area contributed by atoms with E-state index >= 15 is 0 Å². The van der Waals surface area contributed by atoms with Gasteiger partial charge in [0.05, 0.1) is 0 Å². The zero-order valence-corrected chi connectivity index (χ0v) is 30.1. The Kier molecular flexibility index (Phi) is 9.82. The minimum Gasteiger partial charge on any atom is -0.543 e. The predicted octanol–water partition coefficient (Wildman–Crippen LogP) is 12.4. The summed E-state index contributed by atoms with van der Waals surface area (Å²) in [4.78, 5) is 0. The third-order valence-corrected chi connectivity index (χ3v) is 20.1. The number of allylic oxidation sites excluding steroid dienone is 6. The molecule has 0 bridgehead atoms. The summed E-state index contributed by atoms with van der Waals surface area (Å²) < 4.78 is 14.6. The molecule has 4 rings (SSSR count). The average molecular weight is 583 g/mol. The normalized spacial score (nSPS) is 20.9. The van der Waals surface area contributed by atoms with E-state index in [4.69, 9.17) is 8.85 Å². The Labute approximate surface area is 250 Å². The third-order valence-electron chi connectivity index (χ3n) is 11.7. The molecule has 0 saturated heterocycles. The Morgan fingerprint density at radius 1 is 0.575 bits per heavy atom. The van der Waals surface area contributed by atoms with Crippen LogP contribution in [-0.2, 0) is 8.85 Å². The van der Waals surface area contributed by atoms with E-state index in [9.17, 15) is 0 Å². The lowest BCUT2D eigenvalue weighted by molar-refractivity contribution is 0.365. The van der Waals surface area contributed by atoms with Gasteiger partial charge in [0.25, 0.3) is 16.6 Å². The minimum atomic E-state index is -1.93. The van der Waals surface area contributed by atoms with Crippen molar-refractivity contribution in [3.63, 3.8) is 0 Å². The molecule has 0 spiro atoms. The van der Waals surface area contributed by atoms with Crippen molar-refractivity contribution in [2.24, 2.45) is 0 Å². The van der Waals surface area contributed by atoms with Crippen LogP contribution in [0.1, 0.15) is 144 Å². The molecule has 0 aromatic rings. The Bertz CT molecular complexity index is 994. The highest BCUT2D eigenvalue weighted by molar-refractivity contribution is 6.75. The highest BCUT2D eigenvalue weighted by Gasteiger charge is 2.45. The molecule has 0 aliphatic heterocycles. The second kappa shape index (κ2) is 12.3. The van der Waals surface area contributed by atoms with Gasteiger partial charge in [-0.3, -0.25) is 0 Å². The molecule has 0 saturated carbocycles. The first kappa shape index (κ1) is 31.9. The fraction of sp³-hybridized carbons (Fsp3) is 0.778. The zero-order chi connectivity index (χ0) is 29.3. The van der Waals surface area contributed by atoms with Gasteiger partial charge < -0.3 is 8.85 Å². The lowest BCUT2D eigenvalue weighted by Gasteiger charge is -2.41. The van der Waals surface area contributed by atoms with E-state index in [2.05, 4.69) is 67.7 Å². The van der Waals surface area contributed by atoms with Crippen molar-refractivity contribution in [2.75, 3.05) is 0 Å². The van der Waals surface area contributed by atoms with Crippen LogP contribution < -0.4 is 0 Å². The molecular formula is C36H62O2Si2. The first-order chi connectivity index (χ1) is 18.7. The maximum atomic E-state index is 7.30. The maximum Gasteiger partial charge on any atom is 0.250 e. The van der Waals surface area contributed by atoms with Crippen LogP contribution in [0.25, 0.3) is 0 Å². The van der Waals surface area contributed by atoms with Crippen molar-refractivity contribution in [1.29, 1.82) is 0 Å². The van der Waals surface area contributed by atoms with E-state index in [0.717, 1.165) is 12.8 Å². The monoisotopic (exact) mass is 582 g/mol. The van der Waals surface area contributed by atoms with Gasteiger partial charge in [0.15, 0.2) is 0 Å². The quantitative estimate of drug-likeness (QED) is 0.201. The number of hydrogen-bond donors (Lipinski definition) is 0. The van der Waals surface area contributed by atoms with Gasteiger partial charge in [0.1, 0.15) is 11.5 Å². The fourth-order valence-corrected chi connectivity index (χ4v) is 11.4. The topological polar surface area (TPSA) is 18.5 Å². The molecule has 0 amide bonds. The number of hydrogen-bond acceptors (Lipinski definition) is 2. The molecule has 4 aliphatic carbocycles. The largest absolute Gasteiger partial charge is 0.543 e. The van der Waals surface area contributed by atoms with Gasteiger partial charge in [-0.15, -0.1) is 0 Å². The van der Waals surface area contributed by atoms with Crippen LogP contribution in [0.4, 0.5) is 0 Å². The SMILES string of the molecule is CCCC(C)(C)[Si](C)(C)OC1=C(CCC2=C(O[Si](C)(C)C(C)(C)CCC)C3=C(CCCC3)C2)CC2=C1CCCC2. The number of rotatable bonds is 13. The van der Waals surface area contributed by atoms with Gasteiger partial charge in [0, 0.05) is 0 Å². The van der Waals surface area contributed by atoms with Crippen LogP contribution in [-0.4, -0.2) is 16.6 Å². The third kappa shape index (κ3) is 6.48. The average Bonchev–Trinajstić information content (AvgIpc) is 3.39. The van der Waals surface area contributed by atoms with Crippen LogP contribution in [0.5, 0.6) is 0 Å². The molecule has 0 radical (unpaired) electrons. The molecule has 40 heavy (non-hydrogen) atoms. The molecule has 0 unspecified atom stereocenters. The minimum absolute atomic E-state index is 0.275. The van der Waals surface area contributed by atoms with Crippen molar-refractivity contribution >= 4 is 16.6 Å². The molecule has 0 fully saturated rings. The Balaban J connectivity index is 1.62. The standard InChI is InChI=1S/C36H62O2Si2/c1-11-23-35(3,4)39(7,8)37-33-29(25-27-17-13-15-19-31(27)33)21-22-30-26-28-18-14-16-20-32(28)34(30)38-40(9,10)36(5,6)24-12-2/h11-26H2,1-10H3. The predicted molar refractivity (Wildman–Crippen MR) is 179 cm³/mol. The Morgan fingerprint density at radius 2 is 0.925 bits per heavy atom. The molecule has 0 N–H and O–H groups in total. The van der Waals surface area contributed by atoms with Crippen LogP contribution in [0.2, 0.25) is 36.3 Å². The van der Waals surface area contributed by atoms with E-state index in [1.807, 2.05) is 0 Å².